The summed E-state index contributed by atoms with van der Waals surface area (Å²) in [6.07, 6.45) is 8.72. The van der Waals surface area contributed by atoms with E-state index in [4.69, 9.17) is 0 Å². The van der Waals surface area contributed by atoms with E-state index in [0.29, 0.717) is 18.8 Å². The van der Waals surface area contributed by atoms with E-state index in [2.05, 4.69) is 21.2 Å². The lowest BCUT2D eigenvalue weighted by Gasteiger charge is -2.47. The largest absolute Gasteiger partial charge is 0.365 e. The Morgan fingerprint density at radius 1 is 1.20 bits per heavy atom. The van der Waals surface area contributed by atoms with E-state index < -0.39 is 12.2 Å². The summed E-state index contributed by atoms with van der Waals surface area (Å²) in [7, 11) is 1.75. The Kier molecular flexibility index (Phi) is 4.84. The van der Waals surface area contributed by atoms with Crippen LogP contribution in [0, 0.1) is 5.92 Å². The lowest BCUT2D eigenvalue weighted by Crippen LogP contribution is -2.67. The number of allylic oxidation sites excluding steroid dienone is 1. The monoisotopic (exact) mass is 417 g/mol. The molecule has 0 bridgehead atoms. The highest BCUT2D eigenvalue weighted by Crippen LogP contribution is 2.38. The number of likely N-dealkylation sites (N-methyl/N-ethyl adjacent to an activating group) is 1. The molecule has 5 aliphatic rings. The molecule has 1 aliphatic carbocycles. The average Bonchev–Trinajstić information content (AvgIpc) is 3.16. The summed E-state index contributed by atoms with van der Waals surface area (Å²) in [6.45, 7) is 6.02. The number of piperazine rings is 2. The molecule has 1 N–H and O–H groups in total. The highest BCUT2D eigenvalue weighted by molar-refractivity contribution is 5.83. The maximum atomic E-state index is 15.5. The van der Waals surface area contributed by atoms with E-state index in [1.165, 1.54) is 0 Å². The maximum absolute atomic E-state index is 15.5. The molecule has 5 atom stereocenters. The molecule has 2 saturated heterocycles. The molecule has 6 nitrogen and oxygen atoms in total. The second-order valence-corrected chi connectivity index (χ2v) is 8.94. The van der Waals surface area contributed by atoms with Crippen molar-refractivity contribution in [2.45, 2.75) is 31.2 Å². The zero-order chi connectivity index (χ0) is 21.0. The lowest BCUT2D eigenvalue weighted by molar-refractivity contribution is -0.131. The molecule has 4 aliphatic heterocycles. The van der Waals surface area contributed by atoms with Gasteiger partial charge in [0.15, 0.2) is 0 Å². The molecule has 162 valence electrons. The van der Waals surface area contributed by atoms with Gasteiger partial charge in [0.2, 0.25) is 11.9 Å². The van der Waals surface area contributed by atoms with Gasteiger partial charge in [-0.25, -0.2) is 4.39 Å². The van der Waals surface area contributed by atoms with Gasteiger partial charge in [0.05, 0.1) is 17.8 Å². The zero-order valence-corrected chi connectivity index (χ0v) is 17.5. The Morgan fingerprint density at radius 2 is 1.97 bits per heavy atom. The molecule has 8 heteroatoms. The molecule has 4 unspecified atom stereocenters. The van der Waals surface area contributed by atoms with Crippen LogP contribution in [-0.4, -0.2) is 96.1 Å². The topological polar surface area (TPSA) is 42.1 Å². The first kappa shape index (κ1) is 19.6. The quantitative estimate of drug-likeness (QED) is 0.700. The molecule has 0 radical (unpaired) electrons. The summed E-state index contributed by atoms with van der Waals surface area (Å²) in [6, 6.07) is -0.865. The Hall–Kier alpha value is -2.35. The van der Waals surface area contributed by atoms with E-state index in [1.54, 1.807) is 11.9 Å². The van der Waals surface area contributed by atoms with Gasteiger partial charge in [0.25, 0.3) is 0 Å². The number of halogens is 2. The van der Waals surface area contributed by atoms with Crippen LogP contribution in [0.1, 0.15) is 6.92 Å². The van der Waals surface area contributed by atoms with Crippen LogP contribution >= 0.6 is 0 Å². The average molecular weight is 418 g/mol. The van der Waals surface area contributed by atoms with Crippen molar-refractivity contribution in [3.8, 4) is 0 Å². The minimum atomic E-state index is -1.12. The molecule has 30 heavy (non-hydrogen) atoms. The summed E-state index contributed by atoms with van der Waals surface area (Å²) in [4.78, 5) is 20.2. The molecule has 0 spiro atoms. The van der Waals surface area contributed by atoms with Gasteiger partial charge >= 0.3 is 0 Å². The number of rotatable bonds is 3. The van der Waals surface area contributed by atoms with E-state index >= 15 is 4.39 Å². The van der Waals surface area contributed by atoms with Crippen molar-refractivity contribution in [1.82, 2.24) is 24.9 Å². The molecule has 2 fully saturated rings. The summed E-state index contributed by atoms with van der Waals surface area (Å²) in [5.41, 5.74) is 1.75. The summed E-state index contributed by atoms with van der Waals surface area (Å²) in [5, 5.41) is 2.92. The fourth-order valence-electron chi connectivity index (χ4n) is 5.34. The van der Waals surface area contributed by atoms with Crippen LogP contribution in [0.25, 0.3) is 0 Å². The Morgan fingerprint density at radius 3 is 2.73 bits per heavy atom. The van der Waals surface area contributed by atoms with Crippen molar-refractivity contribution < 1.29 is 13.6 Å². The van der Waals surface area contributed by atoms with Crippen LogP contribution in [0.3, 0.4) is 0 Å². The first-order chi connectivity index (χ1) is 14.4. The van der Waals surface area contributed by atoms with E-state index in [-0.39, 0.29) is 29.9 Å². The third kappa shape index (κ3) is 3.12. The number of hydrogen-bond acceptors (Lipinski definition) is 5. The van der Waals surface area contributed by atoms with E-state index in [1.807, 2.05) is 36.3 Å². The van der Waals surface area contributed by atoms with Crippen LogP contribution < -0.4 is 5.32 Å². The molecule has 4 heterocycles. The van der Waals surface area contributed by atoms with Gasteiger partial charge in [0.1, 0.15) is 12.2 Å². The predicted molar refractivity (Wildman–Crippen MR) is 111 cm³/mol. The van der Waals surface area contributed by atoms with Crippen molar-refractivity contribution in [1.29, 1.82) is 0 Å². The number of nitrogens with zero attached hydrogens (tertiary/aromatic N) is 4. The predicted octanol–water partition coefficient (Wildman–Crippen LogP) is 1.22. The number of carbonyl (C=O) groups excluding carboxylic acids is 1. The molecule has 0 aromatic rings. The SMILES string of the molecule is C[C@H]1C(=O)NC2C(F)C(CN3CCN(C4=C(F)N(C)CC=C4)CC3)C=C3C=CN1C32. The first-order valence-corrected chi connectivity index (χ1v) is 10.8. The maximum Gasteiger partial charge on any atom is 0.242 e. The van der Waals surface area contributed by atoms with Crippen molar-refractivity contribution in [3.05, 3.63) is 47.7 Å². The van der Waals surface area contributed by atoms with Gasteiger partial charge in [-0.05, 0) is 24.6 Å². The minimum absolute atomic E-state index is 0.0919. The first-order valence-electron chi connectivity index (χ1n) is 10.8. The molecule has 0 aromatic heterocycles. The normalized spacial score (nSPS) is 36.3. The van der Waals surface area contributed by atoms with Gasteiger partial charge in [-0.2, -0.15) is 4.39 Å². The summed E-state index contributed by atoms with van der Waals surface area (Å²) >= 11 is 0. The van der Waals surface area contributed by atoms with Crippen LogP contribution in [0.5, 0.6) is 0 Å². The number of carbonyl (C=O) groups is 1. The molecule has 0 aromatic carbocycles. The Bertz CT molecular complexity index is 844. The Labute approximate surface area is 176 Å². The second kappa shape index (κ2) is 7.41. The molecule has 1 amide bonds. The zero-order valence-electron chi connectivity index (χ0n) is 17.5. The minimum Gasteiger partial charge on any atom is -0.365 e. The lowest BCUT2D eigenvalue weighted by atomic mass is 9.80. The van der Waals surface area contributed by atoms with E-state index in [0.717, 1.165) is 31.8 Å². The van der Waals surface area contributed by atoms with Crippen molar-refractivity contribution in [2.24, 2.45) is 5.92 Å². The number of amides is 1. The third-order valence-corrected chi connectivity index (χ3v) is 7.12. The van der Waals surface area contributed by atoms with E-state index in [9.17, 15) is 9.18 Å². The van der Waals surface area contributed by atoms with Crippen LogP contribution in [0.2, 0.25) is 0 Å². The van der Waals surface area contributed by atoms with Crippen LogP contribution in [0.15, 0.2) is 47.7 Å². The van der Waals surface area contributed by atoms with Crippen molar-refractivity contribution in [3.63, 3.8) is 0 Å². The van der Waals surface area contributed by atoms with Crippen LogP contribution in [0.4, 0.5) is 8.78 Å². The van der Waals surface area contributed by atoms with Crippen molar-refractivity contribution >= 4 is 5.91 Å². The van der Waals surface area contributed by atoms with Gasteiger partial charge < -0.3 is 20.0 Å². The second-order valence-electron chi connectivity index (χ2n) is 8.94. The molecular formula is C22H29F2N5O. The van der Waals surface area contributed by atoms with Gasteiger partial charge in [-0.15, -0.1) is 0 Å². The van der Waals surface area contributed by atoms with Gasteiger partial charge in [0, 0.05) is 58.4 Å². The summed E-state index contributed by atoms with van der Waals surface area (Å²) < 4.78 is 29.9. The summed E-state index contributed by atoms with van der Waals surface area (Å²) in [5.74, 6) is -0.555. The number of nitrogens with one attached hydrogen (secondary N) is 1. The third-order valence-electron chi connectivity index (χ3n) is 7.12. The fraction of sp³-hybridized carbons (Fsp3) is 0.591. The highest BCUT2D eigenvalue weighted by Gasteiger charge is 2.50. The fourth-order valence-corrected chi connectivity index (χ4v) is 5.34. The van der Waals surface area contributed by atoms with Crippen molar-refractivity contribution in [2.75, 3.05) is 46.3 Å². The van der Waals surface area contributed by atoms with Gasteiger partial charge in [-0.1, -0.05) is 12.2 Å². The van der Waals surface area contributed by atoms with Gasteiger partial charge in [-0.3, -0.25) is 9.69 Å². The molecular weight excluding hydrogens is 388 g/mol. The van der Waals surface area contributed by atoms with Crippen LogP contribution in [-0.2, 0) is 4.79 Å². The smallest absolute Gasteiger partial charge is 0.242 e. The molecule has 5 rings (SSSR count). The number of alkyl halides is 1. The highest BCUT2D eigenvalue weighted by atomic mass is 19.1. The standard InChI is InChI=1S/C22H29F2N5O/c1-14-22(30)25-19-18(23)16(12-15-5-7-29(14)20(15)19)13-27-8-10-28(11-9-27)17-4-3-6-26(2)21(17)24/h3-5,7,12,14,16,18-20H,6,8-11,13H2,1-2H3,(H,25,30)/t14-,16?,18?,19?,20?/m0/s1. The number of hydrogen-bond donors (Lipinski definition) is 1. The Balaban J connectivity index is 1.25. The molecule has 0 saturated carbocycles.